The molecule has 0 saturated carbocycles. The van der Waals surface area contributed by atoms with Crippen molar-refractivity contribution in [1.29, 1.82) is 0 Å². The minimum Gasteiger partial charge on any atom is -0.357 e. The van der Waals surface area contributed by atoms with E-state index in [9.17, 15) is 0 Å². The second-order valence-corrected chi connectivity index (χ2v) is 7.04. The third-order valence-corrected chi connectivity index (χ3v) is 5.00. The largest absolute Gasteiger partial charge is 0.357 e. The molecule has 0 radical (unpaired) electrons. The van der Waals surface area contributed by atoms with Crippen LogP contribution in [0.1, 0.15) is 50.0 Å². The summed E-state index contributed by atoms with van der Waals surface area (Å²) in [7, 11) is 0. The standard InChI is InChI=1S/C21H32N6/c1-4-16-7-9-17(10-8-16)13-14-23-21(22-6-3)24-18-11-12-20-25-19(5-2)26-27(20)15-18/h7-10,18H,4-6,11-15H2,1-3H3,(H2,22,23,24). The number of hydrogen-bond donors (Lipinski definition) is 2. The maximum Gasteiger partial charge on any atom is 0.191 e. The van der Waals surface area contributed by atoms with Crippen molar-refractivity contribution in [2.75, 3.05) is 13.1 Å². The first-order valence-corrected chi connectivity index (χ1v) is 10.3. The molecule has 1 aromatic heterocycles. The van der Waals surface area contributed by atoms with E-state index in [2.05, 4.69) is 70.4 Å². The van der Waals surface area contributed by atoms with Crippen molar-refractivity contribution in [1.82, 2.24) is 25.4 Å². The fourth-order valence-corrected chi connectivity index (χ4v) is 3.38. The van der Waals surface area contributed by atoms with Crippen LogP contribution in [0.15, 0.2) is 29.3 Å². The summed E-state index contributed by atoms with van der Waals surface area (Å²) < 4.78 is 2.05. The molecule has 1 atom stereocenters. The van der Waals surface area contributed by atoms with Gasteiger partial charge in [0.05, 0.1) is 6.54 Å². The van der Waals surface area contributed by atoms with Gasteiger partial charge in [-0.3, -0.25) is 4.99 Å². The minimum absolute atomic E-state index is 0.338. The molecular weight excluding hydrogens is 336 g/mol. The molecule has 2 aromatic rings. The number of nitrogens with one attached hydrogen (secondary N) is 2. The van der Waals surface area contributed by atoms with Crippen molar-refractivity contribution >= 4 is 5.96 Å². The number of hydrogen-bond acceptors (Lipinski definition) is 3. The Morgan fingerprint density at radius 1 is 1.15 bits per heavy atom. The Morgan fingerprint density at radius 2 is 1.93 bits per heavy atom. The fraction of sp³-hybridized carbons (Fsp3) is 0.571. The minimum atomic E-state index is 0.338. The van der Waals surface area contributed by atoms with Crippen LogP contribution in [0.2, 0.25) is 0 Å². The second-order valence-electron chi connectivity index (χ2n) is 7.04. The molecule has 1 aromatic carbocycles. The molecule has 6 nitrogen and oxygen atoms in total. The van der Waals surface area contributed by atoms with Crippen molar-refractivity contribution in [3.8, 4) is 0 Å². The van der Waals surface area contributed by atoms with Crippen LogP contribution >= 0.6 is 0 Å². The smallest absolute Gasteiger partial charge is 0.191 e. The highest BCUT2D eigenvalue weighted by Gasteiger charge is 2.21. The SMILES string of the molecule is CCNC(=NCCc1ccc(CC)cc1)NC1CCc2nc(CC)nn2C1. The average molecular weight is 369 g/mol. The summed E-state index contributed by atoms with van der Waals surface area (Å²) in [6.07, 6.45) is 4.96. The summed E-state index contributed by atoms with van der Waals surface area (Å²) >= 11 is 0. The highest BCUT2D eigenvalue weighted by atomic mass is 15.4. The summed E-state index contributed by atoms with van der Waals surface area (Å²) in [5.41, 5.74) is 2.72. The molecule has 0 aliphatic carbocycles. The van der Waals surface area contributed by atoms with E-state index in [0.29, 0.717) is 6.04 Å². The molecule has 0 spiro atoms. The normalized spacial score (nSPS) is 16.9. The van der Waals surface area contributed by atoms with Gasteiger partial charge in [0.15, 0.2) is 11.8 Å². The van der Waals surface area contributed by atoms with Crippen LogP contribution in [-0.2, 0) is 32.2 Å². The lowest BCUT2D eigenvalue weighted by Crippen LogP contribution is -2.47. The molecule has 0 fully saturated rings. The van der Waals surface area contributed by atoms with E-state index in [4.69, 9.17) is 4.99 Å². The van der Waals surface area contributed by atoms with Crippen LogP contribution in [0.25, 0.3) is 0 Å². The molecule has 2 heterocycles. The van der Waals surface area contributed by atoms with Crippen molar-refractivity contribution in [2.45, 2.75) is 65.5 Å². The fourth-order valence-electron chi connectivity index (χ4n) is 3.38. The van der Waals surface area contributed by atoms with Gasteiger partial charge in [-0.15, -0.1) is 0 Å². The lowest BCUT2D eigenvalue weighted by molar-refractivity contribution is 0.392. The van der Waals surface area contributed by atoms with Gasteiger partial charge in [0.1, 0.15) is 5.82 Å². The van der Waals surface area contributed by atoms with E-state index in [1.165, 1.54) is 11.1 Å². The Hall–Kier alpha value is -2.37. The molecule has 1 aliphatic rings. The van der Waals surface area contributed by atoms with E-state index in [0.717, 1.165) is 69.3 Å². The van der Waals surface area contributed by atoms with Crippen LogP contribution in [0.3, 0.4) is 0 Å². The zero-order valence-electron chi connectivity index (χ0n) is 16.8. The Balaban J connectivity index is 1.55. The number of aryl methyl sites for hydroxylation is 3. The first-order chi connectivity index (χ1) is 13.2. The van der Waals surface area contributed by atoms with E-state index < -0.39 is 0 Å². The van der Waals surface area contributed by atoms with Gasteiger partial charge in [-0.05, 0) is 37.3 Å². The number of benzene rings is 1. The molecule has 3 rings (SSSR count). The first kappa shape index (κ1) is 19.4. The van der Waals surface area contributed by atoms with Crippen LogP contribution in [-0.4, -0.2) is 39.9 Å². The molecular formula is C21H32N6. The quantitative estimate of drug-likeness (QED) is 0.582. The average Bonchev–Trinajstić information content (AvgIpc) is 3.11. The molecule has 6 heteroatoms. The van der Waals surface area contributed by atoms with Gasteiger partial charge in [0, 0.05) is 32.0 Å². The summed E-state index contributed by atoms with van der Waals surface area (Å²) in [6.45, 7) is 8.88. The summed E-state index contributed by atoms with van der Waals surface area (Å²) in [4.78, 5) is 9.36. The zero-order chi connectivity index (χ0) is 19.1. The van der Waals surface area contributed by atoms with Gasteiger partial charge >= 0.3 is 0 Å². The van der Waals surface area contributed by atoms with Crippen molar-refractivity contribution in [2.24, 2.45) is 4.99 Å². The maximum atomic E-state index is 4.77. The van der Waals surface area contributed by atoms with E-state index in [1.807, 2.05) is 0 Å². The predicted molar refractivity (Wildman–Crippen MR) is 110 cm³/mol. The highest BCUT2D eigenvalue weighted by molar-refractivity contribution is 5.80. The van der Waals surface area contributed by atoms with Crippen LogP contribution in [0, 0.1) is 0 Å². The van der Waals surface area contributed by atoms with Gasteiger partial charge in [-0.25, -0.2) is 9.67 Å². The third-order valence-electron chi connectivity index (χ3n) is 5.00. The van der Waals surface area contributed by atoms with Gasteiger partial charge < -0.3 is 10.6 Å². The lowest BCUT2D eigenvalue weighted by Gasteiger charge is -2.25. The summed E-state index contributed by atoms with van der Waals surface area (Å²) in [5, 5.41) is 11.5. The Morgan fingerprint density at radius 3 is 2.63 bits per heavy atom. The van der Waals surface area contributed by atoms with Gasteiger partial charge in [0.2, 0.25) is 0 Å². The third kappa shape index (κ3) is 5.31. The molecule has 0 bridgehead atoms. The van der Waals surface area contributed by atoms with Gasteiger partial charge in [-0.2, -0.15) is 5.10 Å². The van der Waals surface area contributed by atoms with Gasteiger partial charge in [-0.1, -0.05) is 38.1 Å². The van der Waals surface area contributed by atoms with E-state index >= 15 is 0 Å². The number of guanidine groups is 1. The Kier molecular flexibility index (Phi) is 6.85. The molecule has 27 heavy (non-hydrogen) atoms. The number of fused-ring (bicyclic) bond motifs is 1. The monoisotopic (exact) mass is 368 g/mol. The topological polar surface area (TPSA) is 67.1 Å². The van der Waals surface area contributed by atoms with Crippen LogP contribution < -0.4 is 10.6 Å². The second kappa shape index (κ2) is 9.53. The predicted octanol–water partition coefficient (Wildman–Crippen LogP) is 2.52. The molecule has 1 aliphatic heterocycles. The number of aliphatic imine (C=N–C) groups is 1. The summed E-state index contributed by atoms with van der Waals surface area (Å²) in [5.74, 6) is 2.95. The van der Waals surface area contributed by atoms with Crippen molar-refractivity contribution in [3.63, 3.8) is 0 Å². The molecule has 146 valence electrons. The Labute approximate surface area is 162 Å². The summed E-state index contributed by atoms with van der Waals surface area (Å²) in [6, 6.07) is 9.20. The maximum absolute atomic E-state index is 4.77. The highest BCUT2D eigenvalue weighted by Crippen LogP contribution is 2.13. The van der Waals surface area contributed by atoms with Crippen LogP contribution in [0.5, 0.6) is 0 Å². The zero-order valence-corrected chi connectivity index (χ0v) is 16.8. The molecule has 1 unspecified atom stereocenters. The van der Waals surface area contributed by atoms with E-state index in [-0.39, 0.29) is 0 Å². The van der Waals surface area contributed by atoms with Gasteiger partial charge in [0.25, 0.3) is 0 Å². The number of aromatic nitrogens is 3. The van der Waals surface area contributed by atoms with E-state index in [1.54, 1.807) is 0 Å². The molecule has 2 N–H and O–H groups in total. The van der Waals surface area contributed by atoms with Crippen molar-refractivity contribution in [3.05, 3.63) is 47.0 Å². The molecule has 0 amide bonds. The number of nitrogens with zero attached hydrogens (tertiary/aromatic N) is 4. The first-order valence-electron chi connectivity index (χ1n) is 10.3. The Bertz CT molecular complexity index is 747. The lowest BCUT2D eigenvalue weighted by atomic mass is 10.1. The van der Waals surface area contributed by atoms with Crippen LogP contribution in [0.4, 0.5) is 0 Å². The van der Waals surface area contributed by atoms with Crippen molar-refractivity contribution < 1.29 is 0 Å². The number of rotatable bonds is 7. The molecule has 0 saturated heterocycles.